The van der Waals surface area contributed by atoms with Gasteiger partial charge in [-0.15, -0.1) is 0 Å². The van der Waals surface area contributed by atoms with Crippen LogP contribution in [0.5, 0.6) is 0 Å². The first kappa shape index (κ1) is 23.1. The van der Waals surface area contributed by atoms with Crippen LogP contribution in [0, 0.1) is 0 Å². The number of esters is 1. The Kier molecular flexibility index (Phi) is 8.81. The van der Waals surface area contributed by atoms with E-state index in [1.807, 2.05) is 18.2 Å². The van der Waals surface area contributed by atoms with Crippen LogP contribution < -0.4 is 0 Å². The number of quaternary nitrogens is 1. The second-order valence-corrected chi connectivity index (χ2v) is 7.01. The van der Waals surface area contributed by atoms with E-state index in [-0.39, 0.29) is 5.97 Å². The zero-order chi connectivity index (χ0) is 19.7. The third kappa shape index (κ3) is 10.5. The van der Waals surface area contributed by atoms with Gasteiger partial charge < -0.3 is 9.22 Å². The molecule has 10 heteroatoms. The summed E-state index contributed by atoms with van der Waals surface area (Å²) in [5.41, 5.74) is -4.25. The van der Waals surface area contributed by atoms with Gasteiger partial charge in [-0.25, -0.2) is 4.79 Å². The van der Waals surface area contributed by atoms with Gasteiger partial charge in [-0.05, 0) is 0 Å². The van der Waals surface area contributed by atoms with Crippen molar-refractivity contribution in [2.24, 2.45) is 0 Å². The number of ether oxygens (including phenoxy) is 1. The molecule has 1 aromatic carbocycles. The topological polar surface area (TPSA) is 80.7 Å². The fraction of sp³-hybridized carbons (Fsp3) is 0.400. The van der Waals surface area contributed by atoms with E-state index in [9.17, 15) is 18.0 Å². The lowest BCUT2D eigenvalue weighted by Crippen LogP contribution is -2.41. The highest BCUT2D eigenvalue weighted by atomic mass is 32.2. The van der Waals surface area contributed by atoms with Crippen LogP contribution in [0.4, 0.5) is 13.2 Å². The molecule has 1 aromatic rings. The number of hydrogen-bond acceptors (Lipinski definition) is 4. The fourth-order valence-corrected chi connectivity index (χ4v) is 1.61. The van der Waals surface area contributed by atoms with Crippen molar-refractivity contribution in [1.82, 2.24) is 0 Å². The molecule has 0 atom stereocenters. The molecule has 0 heterocycles. The summed E-state index contributed by atoms with van der Waals surface area (Å²) in [6, 6.07) is 10.3. The van der Waals surface area contributed by atoms with Gasteiger partial charge in [0.2, 0.25) is 0 Å². The Balaban J connectivity index is 0.000000609. The third-order valence-corrected chi connectivity index (χ3v) is 3.44. The summed E-state index contributed by atoms with van der Waals surface area (Å²) in [5.74, 6) is -0.357. The predicted octanol–water partition coefficient (Wildman–Crippen LogP) is 2.39. The maximum absolute atomic E-state index is 10.9. The minimum atomic E-state index is -5.84. The minimum Gasteiger partial charge on any atom is -0.457 e. The summed E-state index contributed by atoms with van der Waals surface area (Å²) >= 11 is 0. The Morgan fingerprint density at radius 1 is 1.28 bits per heavy atom. The first-order chi connectivity index (χ1) is 11.3. The highest BCUT2D eigenvalue weighted by Crippen LogP contribution is 2.20. The van der Waals surface area contributed by atoms with Crippen LogP contribution in [0.15, 0.2) is 43.0 Å². The number of nitrogens with zero attached hydrogens (tertiary/aromatic N) is 1. The quantitative estimate of drug-likeness (QED) is 0.268. The molecule has 0 saturated carbocycles. The summed E-state index contributed by atoms with van der Waals surface area (Å²) < 4.78 is 63.3. The van der Waals surface area contributed by atoms with E-state index >= 15 is 0 Å². The number of halogens is 3. The van der Waals surface area contributed by atoms with Gasteiger partial charge in [0.1, 0.15) is 19.7 Å². The molecule has 25 heavy (non-hydrogen) atoms. The SMILES string of the molecule is C=CC(=O)OCC[N+](C)(C)Cc1ccccc1.O=S(=O)(O)C(F)(F)F. The molecule has 0 spiro atoms. The molecular formula is C15H21F3NO5S+. The smallest absolute Gasteiger partial charge is 0.457 e. The monoisotopic (exact) mass is 384 g/mol. The number of rotatable bonds is 6. The lowest BCUT2D eigenvalue weighted by molar-refractivity contribution is -0.903. The largest absolute Gasteiger partial charge is 0.522 e. The minimum absolute atomic E-state index is 0.357. The molecule has 0 amide bonds. The molecule has 0 aliphatic carbocycles. The van der Waals surface area contributed by atoms with Crippen molar-refractivity contribution in [3.05, 3.63) is 48.6 Å². The van der Waals surface area contributed by atoms with Crippen LogP contribution in [0.1, 0.15) is 5.56 Å². The molecule has 1 rings (SSSR count). The lowest BCUT2D eigenvalue weighted by Gasteiger charge is -2.29. The summed E-state index contributed by atoms with van der Waals surface area (Å²) in [5, 5.41) is 0. The van der Waals surface area contributed by atoms with Gasteiger partial charge in [0.15, 0.2) is 0 Å². The van der Waals surface area contributed by atoms with Crippen LogP contribution >= 0.6 is 0 Å². The number of benzene rings is 1. The van der Waals surface area contributed by atoms with Gasteiger partial charge >= 0.3 is 21.6 Å². The van der Waals surface area contributed by atoms with Crippen molar-refractivity contribution in [2.75, 3.05) is 27.2 Å². The Hall–Kier alpha value is -1.91. The number of hydrogen-bond donors (Lipinski definition) is 1. The third-order valence-electron chi connectivity index (χ3n) is 2.85. The number of likely N-dealkylation sites (N-methyl/N-ethyl adjacent to an activating group) is 1. The van der Waals surface area contributed by atoms with Crippen molar-refractivity contribution < 1.29 is 40.2 Å². The Labute approximate surface area is 144 Å². The summed E-state index contributed by atoms with van der Waals surface area (Å²) in [6.07, 6.45) is 1.19. The van der Waals surface area contributed by atoms with Gasteiger partial charge in [-0.2, -0.15) is 21.6 Å². The molecule has 0 fully saturated rings. The van der Waals surface area contributed by atoms with Crippen LogP contribution in [0.25, 0.3) is 0 Å². The van der Waals surface area contributed by atoms with E-state index in [4.69, 9.17) is 17.7 Å². The van der Waals surface area contributed by atoms with E-state index in [1.165, 1.54) is 11.6 Å². The summed E-state index contributed by atoms with van der Waals surface area (Å²) in [4.78, 5) is 10.9. The Morgan fingerprint density at radius 2 is 1.76 bits per heavy atom. The Bertz CT molecular complexity index is 657. The first-order valence-electron chi connectivity index (χ1n) is 6.97. The molecule has 1 N–H and O–H groups in total. The van der Waals surface area contributed by atoms with Crippen LogP contribution in [0.3, 0.4) is 0 Å². The molecule has 6 nitrogen and oxygen atoms in total. The van der Waals surface area contributed by atoms with E-state index in [2.05, 4.69) is 32.8 Å². The highest BCUT2D eigenvalue weighted by molar-refractivity contribution is 7.86. The number of alkyl halides is 3. The molecule has 0 radical (unpaired) electrons. The summed E-state index contributed by atoms with van der Waals surface area (Å²) in [6.45, 7) is 5.49. The van der Waals surface area contributed by atoms with Crippen molar-refractivity contribution in [3.63, 3.8) is 0 Å². The molecule has 0 aliphatic rings. The van der Waals surface area contributed by atoms with E-state index in [0.717, 1.165) is 17.6 Å². The zero-order valence-electron chi connectivity index (χ0n) is 13.9. The average Bonchev–Trinajstić information content (AvgIpc) is 2.46. The fourth-order valence-electron chi connectivity index (χ4n) is 1.61. The molecular weight excluding hydrogens is 363 g/mol. The maximum Gasteiger partial charge on any atom is 0.522 e. The van der Waals surface area contributed by atoms with Crippen LogP contribution in [0.2, 0.25) is 0 Å². The number of carbonyl (C=O) groups excluding carboxylic acids is 1. The predicted molar refractivity (Wildman–Crippen MR) is 85.9 cm³/mol. The summed E-state index contributed by atoms with van der Waals surface area (Å²) in [7, 11) is -1.60. The van der Waals surface area contributed by atoms with Gasteiger partial charge in [0.25, 0.3) is 0 Å². The van der Waals surface area contributed by atoms with Crippen molar-refractivity contribution in [3.8, 4) is 0 Å². The van der Waals surface area contributed by atoms with E-state index < -0.39 is 15.6 Å². The second-order valence-electron chi connectivity index (χ2n) is 5.60. The Morgan fingerprint density at radius 3 is 2.16 bits per heavy atom. The first-order valence-corrected chi connectivity index (χ1v) is 8.41. The lowest BCUT2D eigenvalue weighted by atomic mass is 10.2. The molecule has 0 saturated heterocycles. The van der Waals surface area contributed by atoms with Crippen molar-refractivity contribution in [1.29, 1.82) is 0 Å². The van der Waals surface area contributed by atoms with E-state index in [0.29, 0.717) is 6.61 Å². The van der Waals surface area contributed by atoms with Crippen molar-refractivity contribution >= 4 is 16.1 Å². The van der Waals surface area contributed by atoms with Crippen LogP contribution in [-0.4, -0.2) is 56.2 Å². The molecule has 0 bridgehead atoms. The van der Waals surface area contributed by atoms with Gasteiger partial charge in [-0.1, -0.05) is 36.9 Å². The molecule has 0 unspecified atom stereocenters. The zero-order valence-corrected chi connectivity index (χ0v) is 14.7. The standard InChI is InChI=1S/C14H20NO2.CHF3O3S/c1-4-14(16)17-11-10-15(2,3)12-13-8-6-5-7-9-13;2-1(3,4)8(5,6)7/h4-9H,1,10-12H2,2-3H3;(H,5,6,7)/q+1;. The van der Waals surface area contributed by atoms with Gasteiger partial charge in [-0.3, -0.25) is 4.55 Å². The highest BCUT2D eigenvalue weighted by Gasteiger charge is 2.44. The normalized spacial score (nSPS) is 11.9. The molecule has 0 aliphatic heterocycles. The number of carbonyl (C=O) groups is 1. The maximum atomic E-state index is 10.9. The molecule has 0 aromatic heterocycles. The average molecular weight is 384 g/mol. The van der Waals surface area contributed by atoms with E-state index in [1.54, 1.807) is 0 Å². The van der Waals surface area contributed by atoms with Gasteiger partial charge in [0, 0.05) is 11.6 Å². The van der Waals surface area contributed by atoms with Crippen molar-refractivity contribution in [2.45, 2.75) is 12.1 Å². The molecule has 142 valence electrons. The van der Waals surface area contributed by atoms with Gasteiger partial charge in [0.05, 0.1) is 14.1 Å². The second kappa shape index (κ2) is 9.54. The van der Waals surface area contributed by atoms with Crippen LogP contribution in [-0.2, 0) is 26.2 Å².